The summed E-state index contributed by atoms with van der Waals surface area (Å²) in [6.07, 6.45) is 4.82. The number of ether oxygens (including phenoxy) is 2. The van der Waals surface area contributed by atoms with E-state index in [0.29, 0.717) is 12.3 Å². The molecule has 25 heavy (non-hydrogen) atoms. The van der Waals surface area contributed by atoms with E-state index in [1.807, 2.05) is 51.1 Å². The summed E-state index contributed by atoms with van der Waals surface area (Å²) in [6.45, 7) is 13.1. The molecule has 1 aromatic carbocycles. The van der Waals surface area contributed by atoms with E-state index >= 15 is 0 Å². The van der Waals surface area contributed by atoms with Crippen molar-refractivity contribution in [3.8, 4) is 5.75 Å². The van der Waals surface area contributed by atoms with Gasteiger partial charge in [-0.25, -0.2) is 0 Å². The molecule has 0 saturated heterocycles. The summed E-state index contributed by atoms with van der Waals surface area (Å²) in [4.78, 5) is 12.2. The van der Waals surface area contributed by atoms with E-state index in [2.05, 4.69) is 20.8 Å². The molecule has 3 heteroatoms. The molecular formula is C22H36O3. The summed E-state index contributed by atoms with van der Waals surface area (Å²) in [5, 5.41) is 0. The normalized spacial score (nSPS) is 13.4. The Kier molecular flexibility index (Phi) is 8.47. The van der Waals surface area contributed by atoms with Crippen molar-refractivity contribution in [2.24, 2.45) is 11.3 Å². The molecule has 0 spiro atoms. The van der Waals surface area contributed by atoms with E-state index < -0.39 is 5.60 Å². The molecule has 0 N–H and O–H groups in total. The van der Waals surface area contributed by atoms with Gasteiger partial charge in [0.15, 0.2) is 0 Å². The minimum atomic E-state index is -0.408. The lowest BCUT2D eigenvalue weighted by molar-refractivity contribution is -0.157. The number of benzene rings is 1. The third kappa shape index (κ3) is 10.2. The molecule has 0 aliphatic heterocycles. The second-order valence-electron chi connectivity index (χ2n) is 8.86. The largest absolute Gasteiger partial charge is 0.494 e. The summed E-state index contributed by atoms with van der Waals surface area (Å²) < 4.78 is 11.2. The van der Waals surface area contributed by atoms with E-state index in [1.54, 1.807) is 0 Å². The van der Waals surface area contributed by atoms with Gasteiger partial charge in [-0.05, 0) is 57.1 Å². The van der Waals surface area contributed by atoms with Gasteiger partial charge in [0.2, 0.25) is 0 Å². The highest BCUT2D eigenvalue weighted by molar-refractivity contribution is 5.70. The van der Waals surface area contributed by atoms with Crippen molar-refractivity contribution < 1.29 is 14.3 Å². The second kappa shape index (κ2) is 9.84. The van der Waals surface area contributed by atoms with Crippen LogP contribution in [0.5, 0.6) is 5.75 Å². The first-order chi connectivity index (χ1) is 11.6. The highest BCUT2D eigenvalue weighted by Crippen LogP contribution is 2.33. The van der Waals surface area contributed by atoms with Crippen molar-refractivity contribution in [2.45, 2.75) is 79.2 Å². The van der Waals surface area contributed by atoms with Crippen molar-refractivity contribution >= 4 is 5.97 Å². The number of para-hydroxylation sites is 1. The Balaban J connectivity index is 2.30. The van der Waals surface area contributed by atoms with Crippen molar-refractivity contribution in [2.75, 3.05) is 6.61 Å². The van der Waals surface area contributed by atoms with Gasteiger partial charge in [0.05, 0.1) is 6.61 Å². The molecule has 0 amide bonds. The number of carbonyl (C=O) groups excluding carboxylic acids is 1. The molecule has 0 saturated carbocycles. The van der Waals surface area contributed by atoms with Crippen LogP contribution < -0.4 is 4.74 Å². The van der Waals surface area contributed by atoms with Gasteiger partial charge in [0.1, 0.15) is 11.4 Å². The third-order valence-corrected chi connectivity index (χ3v) is 4.27. The lowest BCUT2D eigenvalue weighted by Crippen LogP contribution is -2.29. The van der Waals surface area contributed by atoms with Crippen LogP contribution in [0.3, 0.4) is 0 Å². The molecule has 0 heterocycles. The van der Waals surface area contributed by atoms with E-state index in [-0.39, 0.29) is 11.4 Å². The highest BCUT2D eigenvalue weighted by Gasteiger charge is 2.28. The molecule has 1 atom stereocenters. The fraction of sp³-hybridized carbons (Fsp3) is 0.682. The summed E-state index contributed by atoms with van der Waals surface area (Å²) in [6, 6.07) is 9.93. The van der Waals surface area contributed by atoms with Crippen LogP contribution >= 0.6 is 0 Å². The molecule has 3 nitrogen and oxygen atoms in total. The molecule has 1 rings (SSSR count). The predicted octanol–water partition coefficient (Wildman–Crippen LogP) is 6.02. The van der Waals surface area contributed by atoms with Gasteiger partial charge in [0, 0.05) is 6.42 Å². The summed E-state index contributed by atoms with van der Waals surface area (Å²) >= 11 is 0. The van der Waals surface area contributed by atoms with Crippen LogP contribution in [0, 0.1) is 11.3 Å². The van der Waals surface area contributed by atoms with E-state index in [1.165, 1.54) is 0 Å². The zero-order valence-electron chi connectivity index (χ0n) is 16.9. The summed E-state index contributed by atoms with van der Waals surface area (Å²) in [5.41, 5.74) is -0.300. The number of hydrogen-bond donors (Lipinski definition) is 0. The molecule has 0 radical (unpaired) electrons. The standard InChI is InChI=1S/C22H36O3/c1-21(2,3)18(17-20(23)25-22(4,5)6)13-9-8-12-16-24-19-14-10-7-11-15-19/h7,10-11,14-15,18H,8-9,12-13,16-17H2,1-6H3. The van der Waals surface area contributed by atoms with Crippen LogP contribution in [0.2, 0.25) is 0 Å². The quantitative estimate of drug-likeness (QED) is 0.404. The fourth-order valence-electron chi connectivity index (χ4n) is 2.80. The first kappa shape index (κ1) is 21.5. The first-order valence-electron chi connectivity index (χ1n) is 9.47. The smallest absolute Gasteiger partial charge is 0.306 e. The van der Waals surface area contributed by atoms with Gasteiger partial charge in [-0.15, -0.1) is 0 Å². The van der Waals surface area contributed by atoms with E-state index in [4.69, 9.17) is 9.47 Å². The SMILES string of the molecule is CC(C)(C)OC(=O)CC(CCCCCOc1ccccc1)C(C)(C)C. The Labute approximate surface area is 154 Å². The predicted molar refractivity (Wildman–Crippen MR) is 104 cm³/mol. The zero-order chi connectivity index (χ0) is 18.9. The molecular weight excluding hydrogens is 312 g/mol. The van der Waals surface area contributed by atoms with Crippen LogP contribution in [-0.4, -0.2) is 18.2 Å². The molecule has 0 aliphatic rings. The first-order valence-corrected chi connectivity index (χ1v) is 9.47. The Morgan fingerprint density at radius 3 is 2.16 bits per heavy atom. The van der Waals surface area contributed by atoms with Crippen LogP contribution in [0.25, 0.3) is 0 Å². The second-order valence-corrected chi connectivity index (χ2v) is 8.86. The number of rotatable bonds is 9. The minimum absolute atomic E-state index is 0.0835. The van der Waals surface area contributed by atoms with Gasteiger partial charge in [0.25, 0.3) is 0 Å². The van der Waals surface area contributed by atoms with E-state index in [0.717, 1.165) is 38.0 Å². The average Bonchev–Trinajstić information content (AvgIpc) is 2.47. The monoisotopic (exact) mass is 348 g/mol. The average molecular weight is 349 g/mol. The molecule has 142 valence electrons. The van der Waals surface area contributed by atoms with Crippen LogP contribution in [-0.2, 0) is 9.53 Å². The lowest BCUT2D eigenvalue weighted by atomic mass is 9.76. The number of esters is 1. The summed E-state index contributed by atoms with van der Waals surface area (Å²) in [5.74, 6) is 1.19. The maximum Gasteiger partial charge on any atom is 0.306 e. The van der Waals surface area contributed by atoms with Gasteiger partial charge >= 0.3 is 5.97 Å². The van der Waals surface area contributed by atoms with Crippen LogP contribution in [0.15, 0.2) is 30.3 Å². The number of unbranched alkanes of at least 4 members (excludes halogenated alkanes) is 2. The molecule has 1 aromatic rings. The lowest BCUT2D eigenvalue weighted by Gasteiger charge is -2.31. The number of carbonyl (C=O) groups is 1. The Hall–Kier alpha value is -1.51. The maximum absolute atomic E-state index is 12.2. The zero-order valence-corrected chi connectivity index (χ0v) is 16.9. The van der Waals surface area contributed by atoms with Crippen LogP contribution in [0.1, 0.15) is 73.6 Å². The molecule has 0 aliphatic carbocycles. The van der Waals surface area contributed by atoms with Crippen molar-refractivity contribution in [1.29, 1.82) is 0 Å². The minimum Gasteiger partial charge on any atom is -0.494 e. The van der Waals surface area contributed by atoms with Crippen LogP contribution in [0.4, 0.5) is 0 Å². The molecule has 0 bridgehead atoms. The van der Waals surface area contributed by atoms with Gasteiger partial charge < -0.3 is 9.47 Å². The summed E-state index contributed by atoms with van der Waals surface area (Å²) in [7, 11) is 0. The Bertz CT molecular complexity index is 494. The third-order valence-electron chi connectivity index (χ3n) is 4.27. The van der Waals surface area contributed by atoms with Crippen molar-refractivity contribution in [3.05, 3.63) is 30.3 Å². The van der Waals surface area contributed by atoms with E-state index in [9.17, 15) is 4.79 Å². The molecule has 1 unspecified atom stereocenters. The number of hydrogen-bond acceptors (Lipinski definition) is 3. The van der Waals surface area contributed by atoms with Gasteiger partial charge in [-0.1, -0.05) is 51.8 Å². The Morgan fingerprint density at radius 2 is 1.60 bits per heavy atom. The van der Waals surface area contributed by atoms with Gasteiger partial charge in [-0.2, -0.15) is 0 Å². The molecule has 0 aromatic heterocycles. The topological polar surface area (TPSA) is 35.5 Å². The van der Waals surface area contributed by atoms with Crippen molar-refractivity contribution in [3.63, 3.8) is 0 Å². The van der Waals surface area contributed by atoms with Gasteiger partial charge in [-0.3, -0.25) is 4.79 Å². The fourth-order valence-corrected chi connectivity index (χ4v) is 2.80. The maximum atomic E-state index is 12.2. The Morgan fingerprint density at radius 1 is 0.960 bits per heavy atom. The van der Waals surface area contributed by atoms with Crippen molar-refractivity contribution in [1.82, 2.24) is 0 Å². The highest BCUT2D eigenvalue weighted by atomic mass is 16.6. The molecule has 0 fully saturated rings.